The highest BCUT2D eigenvalue weighted by Gasteiger charge is 2.27. The number of carbonyl (C=O) groups excluding carboxylic acids is 2. The lowest BCUT2D eigenvalue weighted by atomic mass is 9.97. The number of carbonyl (C=O) groups is 2. The van der Waals surface area contributed by atoms with Crippen LogP contribution in [-0.2, 0) is 9.53 Å². The van der Waals surface area contributed by atoms with Crippen LogP contribution in [0.4, 0.5) is 4.39 Å². The van der Waals surface area contributed by atoms with Crippen molar-refractivity contribution in [3.05, 3.63) is 35.1 Å². The normalized spacial score (nSPS) is 15.2. The number of guanidine groups is 1. The highest BCUT2D eigenvalue weighted by Crippen LogP contribution is 2.18. The SMILES string of the molecule is CCNC(=NCCNC(=O)c1ccc(C)c(F)c1)N1CCC(C(=O)OCC)CC1. The molecule has 160 valence electrons. The Hall–Kier alpha value is -2.64. The Morgan fingerprint density at radius 3 is 2.59 bits per heavy atom. The maximum Gasteiger partial charge on any atom is 0.309 e. The Labute approximate surface area is 171 Å². The number of aryl methyl sites for hydroxylation is 1. The molecule has 29 heavy (non-hydrogen) atoms. The van der Waals surface area contributed by atoms with Crippen LogP contribution in [0.2, 0.25) is 0 Å². The van der Waals surface area contributed by atoms with Crippen molar-refractivity contribution in [2.75, 3.05) is 39.3 Å². The van der Waals surface area contributed by atoms with Crippen LogP contribution in [-0.4, -0.2) is 62.1 Å². The summed E-state index contributed by atoms with van der Waals surface area (Å²) in [6.07, 6.45) is 1.47. The van der Waals surface area contributed by atoms with Gasteiger partial charge in [-0.05, 0) is 51.3 Å². The Bertz CT molecular complexity index is 731. The summed E-state index contributed by atoms with van der Waals surface area (Å²) >= 11 is 0. The number of rotatable bonds is 7. The van der Waals surface area contributed by atoms with Crippen molar-refractivity contribution in [2.45, 2.75) is 33.6 Å². The van der Waals surface area contributed by atoms with Gasteiger partial charge in [0.05, 0.1) is 19.1 Å². The van der Waals surface area contributed by atoms with Crippen molar-refractivity contribution in [1.29, 1.82) is 0 Å². The molecule has 7 nitrogen and oxygen atoms in total. The molecule has 1 heterocycles. The second-order valence-electron chi connectivity index (χ2n) is 6.97. The number of likely N-dealkylation sites (tertiary alicyclic amines) is 1. The molecule has 0 aliphatic carbocycles. The quantitative estimate of drug-likeness (QED) is 0.314. The Morgan fingerprint density at radius 2 is 1.97 bits per heavy atom. The van der Waals surface area contributed by atoms with Crippen LogP contribution in [0.15, 0.2) is 23.2 Å². The van der Waals surface area contributed by atoms with Gasteiger partial charge in [-0.25, -0.2) is 4.39 Å². The van der Waals surface area contributed by atoms with E-state index in [1.165, 1.54) is 6.07 Å². The van der Waals surface area contributed by atoms with Crippen LogP contribution >= 0.6 is 0 Å². The van der Waals surface area contributed by atoms with E-state index < -0.39 is 5.82 Å². The van der Waals surface area contributed by atoms with Crippen molar-refractivity contribution >= 4 is 17.8 Å². The number of nitrogens with zero attached hydrogens (tertiary/aromatic N) is 2. The molecule has 1 amide bonds. The summed E-state index contributed by atoms with van der Waals surface area (Å²) in [5.74, 6) is -0.117. The van der Waals surface area contributed by atoms with Gasteiger partial charge in [-0.15, -0.1) is 0 Å². The third-order valence-electron chi connectivity index (χ3n) is 4.84. The summed E-state index contributed by atoms with van der Waals surface area (Å²) in [6.45, 7) is 8.81. The Morgan fingerprint density at radius 1 is 1.24 bits per heavy atom. The van der Waals surface area contributed by atoms with Crippen LogP contribution < -0.4 is 10.6 Å². The fraction of sp³-hybridized carbons (Fsp3) is 0.571. The van der Waals surface area contributed by atoms with E-state index in [1.54, 1.807) is 19.1 Å². The van der Waals surface area contributed by atoms with E-state index in [1.807, 2.05) is 13.8 Å². The number of amides is 1. The van der Waals surface area contributed by atoms with Gasteiger partial charge in [-0.2, -0.15) is 0 Å². The van der Waals surface area contributed by atoms with Crippen LogP contribution in [0, 0.1) is 18.7 Å². The number of piperidine rings is 1. The smallest absolute Gasteiger partial charge is 0.309 e. The average molecular weight is 407 g/mol. The zero-order valence-corrected chi connectivity index (χ0v) is 17.5. The predicted octanol–water partition coefficient (Wildman–Crippen LogP) is 2.10. The summed E-state index contributed by atoms with van der Waals surface area (Å²) in [5.41, 5.74) is 0.804. The standard InChI is InChI=1S/C21H31FN4O3/c1-4-23-21(26-12-8-16(9-13-26)20(28)29-5-2)25-11-10-24-19(27)17-7-6-15(3)18(22)14-17/h6-7,14,16H,4-5,8-13H2,1-3H3,(H,23,25)(H,24,27). The second kappa shape index (κ2) is 11.4. The molecule has 1 aromatic carbocycles. The lowest BCUT2D eigenvalue weighted by Crippen LogP contribution is -2.47. The van der Waals surface area contributed by atoms with Crippen LogP contribution in [0.3, 0.4) is 0 Å². The van der Waals surface area contributed by atoms with Gasteiger partial charge >= 0.3 is 5.97 Å². The van der Waals surface area contributed by atoms with Gasteiger partial charge in [-0.1, -0.05) is 6.07 Å². The van der Waals surface area contributed by atoms with Crippen LogP contribution in [0.25, 0.3) is 0 Å². The van der Waals surface area contributed by atoms with E-state index in [0.29, 0.717) is 30.8 Å². The average Bonchev–Trinajstić information content (AvgIpc) is 2.72. The molecule has 0 bridgehead atoms. The maximum absolute atomic E-state index is 13.6. The summed E-state index contributed by atoms with van der Waals surface area (Å²) in [4.78, 5) is 30.7. The minimum absolute atomic E-state index is 0.0525. The summed E-state index contributed by atoms with van der Waals surface area (Å²) in [7, 11) is 0. The highest BCUT2D eigenvalue weighted by molar-refractivity contribution is 5.94. The first-order valence-electron chi connectivity index (χ1n) is 10.2. The van der Waals surface area contributed by atoms with E-state index in [-0.39, 0.29) is 17.8 Å². The molecule has 1 aliphatic heterocycles. The number of benzene rings is 1. The van der Waals surface area contributed by atoms with Crippen molar-refractivity contribution in [3.8, 4) is 0 Å². The van der Waals surface area contributed by atoms with Crippen molar-refractivity contribution < 1.29 is 18.7 Å². The monoisotopic (exact) mass is 406 g/mol. The Balaban J connectivity index is 1.83. The molecule has 0 spiro atoms. The van der Waals surface area contributed by atoms with Crippen LogP contribution in [0.1, 0.15) is 42.6 Å². The molecular formula is C21H31FN4O3. The van der Waals surface area contributed by atoms with Gasteiger partial charge in [0.25, 0.3) is 5.91 Å². The van der Waals surface area contributed by atoms with E-state index >= 15 is 0 Å². The molecule has 0 radical (unpaired) electrons. The van der Waals surface area contributed by atoms with Gasteiger partial charge in [0.15, 0.2) is 5.96 Å². The summed E-state index contributed by atoms with van der Waals surface area (Å²) < 4.78 is 18.7. The summed E-state index contributed by atoms with van der Waals surface area (Å²) in [5, 5.41) is 6.01. The number of halogens is 1. The number of hydrogen-bond donors (Lipinski definition) is 2. The van der Waals surface area contributed by atoms with E-state index in [2.05, 4.69) is 20.5 Å². The molecule has 2 rings (SSSR count). The number of ether oxygens (including phenoxy) is 1. The van der Waals surface area contributed by atoms with Gasteiger partial charge < -0.3 is 20.3 Å². The van der Waals surface area contributed by atoms with Crippen molar-refractivity contribution in [1.82, 2.24) is 15.5 Å². The van der Waals surface area contributed by atoms with Gasteiger partial charge in [0.1, 0.15) is 5.82 Å². The van der Waals surface area contributed by atoms with E-state index in [0.717, 1.165) is 38.4 Å². The maximum atomic E-state index is 13.6. The molecule has 0 atom stereocenters. The molecule has 1 aromatic rings. The first-order chi connectivity index (χ1) is 14.0. The first kappa shape index (κ1) is 22.6. The fourth-order valence-corrected chi connectivity index (χ4v) is 3.18. The lowest BCUT2D eigenvalue weighted by Gasteiger charge is -2.33. The lowest BCUT2D eigenvalue weighted by molar-refractivity contribution is -0.149. The third kappa shape index (κ3) is 6.73. The Kier molecular flexibility index (Phi) is 8.89. The van der Waals surface area contributed by atoms with Crippen molar-refractivity contribution in [2.24, 2.45) is 10.9 Å². The van der Waals surface area contributed by atoms with Gasteiger partial charge in [0, 0.05) is 31.7 Å². The zero-order chi connectivity index (χ0) is 21.2. The first-order valence-corrected chi connectivity index (χ1v) is 10.2. The topological polar surface area (TPSA) is 83.0 Å². The van der Waals surface area contributed by atoms with Crippen molar-refractivity contribution in [3.63, 3.8) is 0 Å². The number of esters is 1. The van der Waals surface area contributed by atoms with Gasteiger partial charge in [-0.3, -0.25) is 14.6 Å². The number of aliphatic imine (C=N–C) groups is 1. The zero-order valence-electron chi connectivity index (χ0n) is 17.5. The van der Waals surface area contributed by atoms with Gasteiger partial charge in [0.2, 0.25) is 0 Å². The minimum Gasteiger partial charge on any atom is -0.466 e. The van der Waals surface area contributed by atoms with Crippen LogP contribution in [0.5, 0.6) is 0 Å². The molecule has 1 aliphatic rings. The van der Waals surface area contributed by atoms with E-state index in [9.17, 15) is 14.0 Å². The number of hydrogen-bond acceptors (Lipinski definition) is 4. The van der Waals surface area contributed by atoms with E-state index in [4.69, 9.17) is 4.74 Å². The highest BCUT2D eigenvalue weighted by atomic mass is 19.1. The third-order valence-corrected chi connectivity index (χ3v) is 4.84. The largest absolute Gasteiger partial charge is 0.466 e. The molecular weight excluding hydrogens is 375 g/mol. The molecule has 1 fully saturated rings. The second-order valence-corrected chi connectivity index (χ2v) is 6.97. The minimum atomic E-state index is -0.392. The molecule has 0 aromatic heterocycles. The molecule has 2 N–H and O–H groups in total. The fourth-order valence-electron chi connectivity index (χ4n) is 3.18. The molecule has 1 saturated heterocycles. The number of nitrogens with one attached hydrogen (secondary N) is 2. The molecule has 0 unspecified atom stereocenters. The molecule has 8 heteroatoms. The molecule has 0 saturated carbocycles. The summed E-state index contributed by atoms with van der Waals surface area (Å²) in [6, 6.07) is 4.44. The predicted molar refractivity (Wildman–Crippen MR) is 110 cm³/mol.